The van der Waals surface area contributed by atoms with Crippen LogP contribution in [-0.2, 0) is 6.54 Å². The molecule has 120 valence electrons. The molecule has 1 saturated heterocycles. The van der Waals surface area contributed by atoms with Crippen LogP contribution in [0.3, 0.4) is 0 Å². The van der Waals surface area contributed by atoms with Crippen LogP contribution in [0.4, 0.5) is 0 Å². The minimum atomic E-state index is -0.549. The highest BCUT2D eigenvalue weighted by Crippen LogP contribution is 2.24. The second-order valence-corrected chi connectivity index (χ2v) is 6.79. The van der Waals surface area contributed by atoms with Crippen LogP contribution in [0.5, 0.6) is 0 Å². The Morgan fingerprint density at radius 2 is 2.09 bits per heavy atom. The van der Waals surface area contributed by atoms with E-state index in [2.05, 4.69) is 25.8 Å². The number of hydrogen-bond acceptors (Lipinski definition) is 4. The zero-order valence-electron chi connectivity index (χ0n) is 13.5. The molecule has 0 spiro atoms. The number of rotatable bonds is 4. The first-order chi connectivity index (χ1) is 10.5. The van der Waals surface area contributed by atoms with Gasteiger partial charge in [-0.05, 0) is 52.0 Å². The van der Waals surface area contributed by atoms with Gasteiger partial charge in [0.2, 0.25) is 0 Å². The van der Waals surface area contributed by atoms with Gasteiger partial charge in [0, 0.05) is 13.1 Å². The molecule has 1 aromatic heterocycles. The van der Waals surface area contributed by atoms with Crippen LogP contribution in [0.25, 0.3) is 11.0 Å². The van der Waals surface area contributed by atoms with Crippen molar-refractivity contribution in [3.05, 3.63) is 30.1 Å². The number of fused-ring (bicyclic) bond motifs is 1. The first-order valence-electron chi connectivity index (χ1n) is 8.07. The molecule has 3 rings (SSSR count). The second-order valence-electron chi connectivity index (χ2n) is 6.79. The number of para-hydroxylation sites is 2. The molecular formula is C17H26N4O. The summed E-state index contributed by atoms with van der Waals surface area (Å²) in [5.74, 6) is 1.01. The summed E-state index contributed by atoms with van der Waals surface area (Å²) < 4.78 is 0. The maximum Gasteiger partial charge on any atom is 0.121 e. The number of nitrogens with one attached hydrogen (secondary N) is 1. The standard InChI is InChI=1S/C17H26N4O/c1-20(2)13-17(22)8-5-10-21(11-9-17)12-16-18-14-6-3-4-7-15(14)19-16/h3-4,6-7,22H,5,8-13H2,1-2H3,(H,18,19). The van der Waals surface area contributed by atoms with E-state index in [0.29, 0.717) is 0 Å². The fourth-order valence-electron chi connectivity index (χ4n) is 3.43. The van der Waals surface area contributed by atoms with Crippen molar-refractivity contribution in [2.45, 2.75) is 31.4 Å². The molecule has 2 N–H and O–H groups in total. The van der Waals surface area contributed by atoms with E-state index in [0.717, 1.165) is 62.3 Å². The number of aliphatic hydroxyl groups is 1. The summed E-state index contributed by atoms with van der Waals surface area (Å²) in [5, 5.41) is 10.7. The summed E-state index contributed by atoms with van der Waals surface area (Å²) in [7, 11) is 4.05. The Labute approximate surface area is 131 Å². The van der Waals surface area contributed by atoms with Crippen molar-refractivity contribution in [1.29, 1.82) is 0 Å². The van der Waals surface area contributed by atoms with Gasteiger partial charge in [-0.2, -0.15) is 0 Å². The van der Waals surface area contributed by atoms with Crippen LogP contribution >= 0.6 is 0 Å². The number of hydrogen-bond donors (Lipinski definition) is 2. The van der Waals surface area contributed by atoms with Crippen molar-refractivity contribution in [2.75, 3.05) is 33.7 Å². The number of likely N-dealkylation sites (tertiary alicyclic amines) is 1. The summed E-state index contributed by atoms with van der Waals surface area (Å²) in [6.45, 7) is 3.51. The molecule has 1 aromatic carbocycles. The molecule has 0 amide bonds. The highest BCUT2D eigenvalue weighted by Gasteiger charge is 2.30. The van der Waals surface area contributed by atoms with Crippen molar-refractivity contribution in [3.63, 3.8) is 0 Å². The van der Waals surface area contributed by atoms with E-state index >= 15 is 0 Å². The zero-order chi connectivity index (χ0) is 15.6. The molecule has 0 saturated carbocycles. The number of aromatic nitrogens is 2. The number of likely N-dealkylation sites (N-methyl/N-ethyl adjacent to an activating group) is 1. The van der Waals surface area contributed by atoms with Gasteiger partial charge in [-0.15, -0.1) is 0 Å². The molecule has 1 aliphatic heterocycles. The van der Waals surface area contributed by atoms with Crippen molar-refractivity contribution >= 4 is 11.0 Å². The number of aromatic amines is 1. The van der Waals surface area contributed by atoms with Crippen molar-refractivity contribution in [2.24, 2.45) is 0 Å². The minimum Gasteiger partial charge on any atom is -0.389 e. The van der Waals surface area contributed by atoms with Gasteiger partial charge in [-0.3, -0.25) is 4.90 Å². The SMILES string of the molecule is CN(C)CC1(O)CCCN(Cc2nc3ccccc3[nH]2)CC1. The third-order valence-electron chi connectivity index (χ3n) is 4.43. The number of benzene rings is 1. The fourth-order valence-corrected chi connectivity index (χ4v) is 3.43. The van der Waals surface area contributed by atoms with Gasteiger partial charge in [0.1, 0.15) is 5.82 Å². The average Bonchev–Trinajstić information content (AvgIpc) is 2.77. The number of nitrogens with zero attached hydrogens (tertiary/aromatic N) is 3. The molecule has 1 unspecified atom stereocenters. The topological polar surface area (TPSA) is 55.4 Å². The zero-order valence-corrected chi connectivity index (χ0v) is 13.5. The molecule has 0 aliphatic carbocycles. The lowest BCUT2D eigenvalue weighted by Gasteiger charge is -2.29. The fraction of sp³-hybridized carbons (Fsp3) is 0.588. The Hall–Kier alpha value is -1.43. The predicted octanol–water partition coefficient (Wildman–Crippen LogP) is 1.84. The lowest BCUT2D eigenvalue weighted by Crippen LogP contribution is -2.40. The van der Waals surface area contributed by atoms with Crippen LogP contribution in [0.15, 0.2) is 24.3 Å². The molecular weight excluding hydrogens is 276 g/mol. The largest absolute Gasteiger partial charge is 0.389 e. The summed E-state index contributed by atoms with van der Waals surface area (Å²) in [6.07, 6.45) is 2.73. The van der Waals surface area contributed by atoms with E-state index in [1.54, 1.807) is 0 Å². The molecule has 22 heavy (non-hydrogen) atoms. The summed E-state index contributed by atoms with van der Waals surface area (Å²) in [4.78, 5) is 12.5. The highest BCUT2D eigenvalue weighted by atomic mass is 16.3. The minimum absolute atomic E-state index is 0.549. The lowest BCUT2D eigenvalue weighted by atomic mass is 9.94. The quantitative estimate of drug-likeness (QED) is 0.905. The van der Waals surface area contributed by atoms with Gasteiger partial charge < -0.3 is 15.0 Å². The molecule has 5 heteroatoms. The first-order valence-corrected chi connectivity index (χ1v) is 8.07. The van der Waals surface area contributed by atoms with Gasteiger partial charge >= 0.3 is 0 Å². The lowest BCUT2D eigenvalue weighted by molar-refractivity contribution is 0.00253. The molecule has 5 nitrogen and oxygen atoms in total. The van der Waals surface area contributed by atoms with E-state index < -0.39 is 5.60 Å². The van der Waals surface area contributed by atoms with Gasteiger partial charge in [0.15, 0.2) is 0 Å². The Balaban J connectivity index is 1.64. The van der Waals surface area contributed by atoms with Gasteiger partial charge in [0.05, 0.1) is 23.2 Å². The molecule has 2 aromatic rings. The first kappa shape index (κ1) is 15.5. The van der Waals surface area contributed by atoms with Crippen molar-refractivity contribution < 1.29 is 5.11 Å². The maximum absolute atomic E-state index is 10.7. The monoisotopic (exact) mass is 302 g/mol. The molecule has 1 fully saturated rings. The third kappa shape index (κ3) is 3.66. The molecule has 1 aliphatic rings. The Morgan fingerprint density at radius 1 is 1.27 bits per heavy atom. The third-order valence-corrected chi connectivity index (χ3v) is 4.43. The van der Waals surface area contributed by atoms with E-state index in [9.17, 15) is 5.11 Å². The van der Waals surface area contributed by atoms with E-state index in [-0.39, 0.29) is 0 Å². The predicted molar refractivity (Wildman–Crippen MR) is 88.7 cm³/mol. The van der Waals surface area contributed by atoms with E-state index in [1.807, 2.05) is 32.3 Å². The summed E-state index contributed by atoms with van der Waals surface area (Å²) in [6, 6.07) is 8.13. The van der Waals surface area contributed by atoms with Crippen LogP contribution < -0.4 is 0 Å². The number of imidazole rings is 1. The Kier molecular flexibility index (Phi) is 4.47. The van der Waals surface area contributed by atoms with Gasteiger partial charge in [0.25, 0.3) is 0 Å². The summed E-state index contributed by atoms with van der Waals surface area (Å²) in [5.41, 5.74) is 1.57. The van der Waals surface area contributed by atoms with Crippen molar-refractivity contribution in [1.82, 2.24) is 19.8 Å². The van der Waals surface area contributed by atoms with Gasteiger partial charge in [-0.1, -0.05) is 12.1 Å². The van der Waals surface area contributed by atoms with Crippen LogP contribution in [0.1, 0.15) is 25.1 Å². The highest BCUT2D eigenvalue weighted by molar-refractivity contribution is 5.74. The Bertz CT molecular complexity index is 591. The Morgan fingerprint density at radius 3 is 2.86 bits per heavy atom. The smallest absolute Gasteiger partial charge is 0.121 e. The van der Waals surface area contributed by atoms with Crippen LogP contribution in [0, 0.1) is 0 Å². The van der Waals surface area contributed by atoms with Crippen LogP contribution in [0.2, 0.25) is 0 Å². The molecule has 1 atom stereocenters. The van der Waals surface area contributed by atoms with E-state index in [4.69, 9.17) is 0 Å². The van der Waals surface area contributed by atoms with Crippen molar-refractivity contribution in [3.8, 4) is 0 Å². The number of H-pyrrole nitrogens is 1. The average molecular weight is 302 g/mol. The summed E-state index contributed by atoms with van der Waals surface area (Å²) >= 11 is 0. The molecule has 2 heterocycles. The molecule has 0 bridgehead atoms. The normalized spacial score (nSPS) is 24.0. The maximum atomic E-state index is 10.7. The van der Waals surface area contributed by atoms with E-state index in [1.165, 1.54) is 0 Å². The van der Waals surface area contributed by atoms with Crippen LogP contribution in [-0.4, -0.2) is 64.2 Å². The molecule has 0 radical (unpaired) electrons. The van der Waals surface area contributed by atoms with Gasteiger partial charge in [-0.25, -0.2) is 4.98 Å². The second kappa shape index (κ2) is 6.36.